The molecule has 1 aliphatic rings. The summed E-state index contributed by atoms with van der Waals surface area (Å²) in [6, 6.07) is 8.22. The van der Waals surface area contributed by atoms with Crippen molar-refractivity contribution in [3.05, 3.63) is 59.7 Å². The van der Waals surface area contributed by atoms with Crippen molar-refractivity contribution in [1.29, 1.82) is 5.26 Å². The fourth-order valence-corrected chi connectivity index (χ4v) is 3.03. The Morgan fingerprint density at radius 1 is 1.18 bits per heavy atom. The molecule has 1 nitrogen and oxygen atoms in total. The van der Waals surface area contributed by atoms with Crippen molar-refractivity contribution in [3.63, 3.8) is 0 Å². The molecule has 0 bridgehead atoms. The van der Waals surface area contributed by atoms with Crippen molar-refractivity contribution in [2.24, 2.45) is 11.8 Å². The first-order valence-electron chi connectivity index (χ1n) is 7.86. The molecule has 0 N–H and O–H groups in total. The minimum absolute atomic E-state index is 0.182. The van der Waals surface area contributed by atoms with Gasteiger partial charge in [0.2, 0.25) is 0 Å². The van der Waals surface area contributed by atoms with E-state index in [1.165, 1.54) is 42.7 Å². The van der Waals surface area contributed by atoms with Gasteiger partial charge in [-0.05, 0) is 74.1 Å². The van der Waals surface area contributed by atoms with Crippen LogP contribution in [-0.4, -0.2) is 0 Å². The maximum absolute atomic E-state index is 12.8. The summed E-state index contributed by atoms with van der Waals surface area (Å²) in [4.78, 5) is 0. The van der Waals surface area contributed by atoms with Crippen LogP contribution in [0.3, 0.4) is 0 Å². The summed E-state index contributed by atoms with van der Waals surface area (Å²) in [6.07, 6.45) is 11.6. The zero-order valence-electron chi connectivity index (χ0n) is 12.6. The highest BCUT2D eigenvalue weighted by atomic mass is 19.1. The molecule has 0 spiro atoms. The lowest BCUT2D eigenvalue weighted by molar-refractivity contribution is 0.296. The third kappa shape index (κ3) is 5.44. The molecular weight excluding hydrogens is 280 g/mol. The number of nitriles is 1. The number of benzene rings is 1. The van der Waals surface area contributed by atoms with Crippen molar-refractivity contribution < 1.29 is 8.78 Å². The largest absolute Gasteiger partial charge is 0.207 e. The lowest BCUT2D eigenvalue weighted by Crippen LogP contribution is -2.13. The van der Waals surface area contributed by atoms with E-state index in [0.717, 1.165) is 31.6 Å². The third-order valence-electron chi connectivity index (χ3n) is 4.38. The lowest BCUT2D eigenvalue weighted by atomic mass is 9.79. The number of allylic oxidation sites excluding steroid dienone is 4. The van der Waals surface area contributed by atoms with E-state index in [1.54, 1.807) is 6.08 Å². The molecule has 1 aliphatic carbocycles. The normalized spacial score (nSPS) is 22.7. The summed E-state index contributed by atoms with van der Waals surface area (Å²) in [6.45, 7) is 0. The first-order chi connectivity index (χ1) is 10.7. The van der Waals surface area contributed by atoms with Gasteiger partial charge in [0.05, 0.1) is 0 Å². The Balaban J connectivity index is 1.71. The van der Waals surface area contributed by atoms with Crippen LogP contribution in [-0.2, 0) is 6.42 Å². The molecule has 1 fully saturated rings. The zero-order valence-corrected chi connectivity index (χ0v) is 12.6. The van der Waals surface area contributed by atoms with E-state index >= 15 is 0 Å². The Hall–Kier alpha value is -1.95. The van der Waals surface area contributed by atoms with Crippen LogP contribution in [0, 0.1) is 29.0 Å². The second-order valence-corrected chi connectivity index (χ2v) is 5.96. The van der Waals surface area contributed by atoms with Crippen LogP contribution in [0.2, 0.25) is 0 Å². The van der Waals surface area contributed by atoms with Gasteiger partial charge >= 0.3 is 0 Å². The van der Waals surface area contributed by atoms with Gasteiger partial charge in [0.15, 0.2) is 5.83 Å². The third-order valence-corrected chi connectivity index (χ3v) is 4.38. The maximum atomic E-state index is 12.8. The van der Waals surface area contributed by atoms with Gasteiger partial charge in [-0.15, -0.1) is 0 Å². The molecular formula is C19H21F2N. The van der Waals surface area contributed by atoms with E-state index < -0.39 is 5.83 Å². The first kappa shape index (κ1) is 16.4. The quantitative estimate of drug-likeness (QED) is 0.520. The molecule has 0 aromatic heterocycles. The van der Waals surface area contributed by atoms with Crippen molar-refractivity contribution in [2.45, 2.75) is 38.5 Å². The molecule has 1 aromatic rings. The Labute approximate surface area is 131 Å². The Morgan fingerprint density at radius 3 is 2.50 bits per heavy atom. The van der Waals surface area contributed by atoms with E-state index in [0.29, 0.717) is 5.92 Å². The van der Waals surface area contributed by atoms with Gasteiger partial charge in [-0.2, -0.15) is 9.65 Å². The first-order valence-corrected chi connectivity index (χ1v) is 7.86. The molecule has 0 unspecified atom stereocenters. The highest BCUT2D eigenvalue weighted by molar-refractivity contribution is 5.19. The van der Waals surface area contributed by atoms with E-state index in [2.05, 4.69) is 0 Å². The van der Waals surface area contributed by atoms with E-state index in [-0.39, 0.29) is 5.82 Å². The van der Waals surface area contributed by atoms with Crippen LogP contribution in [0.1, 0.15) is 37.7 Å². The Bertz CT molecular complexity index is 558. The molecule has 1 saturated carbocycles. The average molecular weight is 301 g/mol. The lowest BCUT2D eigenvalue weighted by Gasteiger charge is -2.26. The predicted molar refractivity (Wildman–Crippen MR) is 84.1 cm³/mol. The number of rotatable bonds is 5. The SMILES string of the molecule is N#C/C(F)=C/C=C/[C@H]1CC[C@H](CCc2ccc(F)cc2)CC1. The standard InChI is InChI=1S/C19H21F2N/c20-18-12-10-17(11-13-18)9-8-16-6-4-15(5-7-16)2-1-3-19(21)14-22/h1-3,10-13,15-16H,4-9H2/b2-1+,19-3-/t15-,16-. The smallest absolute Gasteiger partial charge is 0.199 e. The molecule has 0 aliphatic heterocycles. The van der Waals surface area contributed by atoms with Crippen molar-refractivity contribution in [2.75, 3.05) is 0 Å². The Morgan fingerprint density at radius 2 is 1.86 bits per heavy atom. The molecule has 116 valence electrons. The average Bonchev–Trinajstić information content (AvgIpc) is 2.55. The molecule has 22 heavy (non-hydrogen) atoms. The molecule has 2 rings (SSSR count). The summed E-state index contributed by atoms with van der Waals surface area (Å²) in [5.74, 6) is 0.285. The highest BCUT2D eigenvalue weighted by Gasteiger charge is 2.19. The van der Waals surface area contributed by atoms with E-state index in [4.69, 9.17) is 5.26 Å². The van der Waals surface area contributed by atoms with Gasteiger partial charge in [0.1, 0.15) is 11.9 Å². The van der Waals surface area contributed by atoms with Crippen LogP contribution in [0.5, 0.6) is 0 Å². The van der Waals surface area contributed by atoms with Crippen LogP contribution >= 0.6 is 0 Å². The van der Waals surface area contributed by atoms with Crippen LogP contribution in [0.25, 0.3) is 0 Å². The minimum Gasteiger partial charge on any atom is -0.207 e. The van der Waals surface area contributed by atoms with Gasteiger partial charge < -0.3 is 0 Å². The number of nitrogens with zero attached hydrogens (tertiary/aromatic N) is 1. The van der Waals surface area contributed by atoms with Crippen molar-refractivity contribution in [3.8, 4) is 6.07 Å². The van der Waals surface area contributed by atoms with Crippen LogP contribution < -0.4 is 0 Å². The molecule has 0 amide bonds. The minimum atomic E-state index is -0.746. The molecule has 3 heteroatoms. The zero-order chi connectivity index (χ0) is 15.8. The van der Waals surface area contributed by atoms with Gasteiger partial charge in [-0.3, -0.25) is 0 Å². The molecule has 1 aromatic carbocycles. The van der Waals surface area contributed by atoms with E-state index in [9.17, 15) is 8.78 Å². The number of hydrogen-bond acceptors (Lipinski definition) is 1. The van der Waals surface area contributed by atoms with Gasteiger partial charge in [-0.1, -0.05) is 24.3 Å². The van der Waals surface area contributed by atoms with E-state index in [1.807, 2.05) is 18.2 Å². The van der Waals surface area contributed by atoms with Gasteiger partial charge in [-0.25, -0.2) is 4.39 Å². The van der Waals surface area contributed by atoms with Gasteiger partial charge in [0.25, 0.3) is 0 Å². The van der Waals surface area contributed by atoms with Crippen molar-refractivity contribution in [1.82, 2.24) is 0 Å². The second kappa shape index (κ2) is 8.48. The van der Waals surface area contributed by atoms with Crippen molar-refractivity contribution >= 4 is 0 Å². The summed E-state index contributed by atoms with van der Waals surface area (Å²) in [5, 5.41) is 8.33. The van der Waals surface area contributed by atoms with Gasteiger partial charge in [0, 0.05) is 0 Å². The van der Waals surface area contributed by atoms with Crippen LogP contribution in [0.4, 0.5) is 8.78 Å². The fraction of sp³-hybridized carbons (Fsp3) is 0.421. The number of hydrogen-bond donors (Lipinski definition) is 0. The molecule has 0 radical (unpaired) electrons. The highest BCUT2D eigenvalue weighted by Crippen LogP contribution is 2.32. The summed E-state index contributed by atoms with van der Waals surface area (Å²) >= 11 is 0. The number of halogens is 2. The topological polar surface area (TPSA) is 23.8 Å². The molecule has 0 saturated heterocycles. The predicted octanol–water partition coefficient (Wildman–Crippen LogP) is 5.50. The Kier molecular flexibility index (Phi) is 6.33. The second-order valence-electron chi connectivity index (χ2n) is 5.96. The summed E-state index contributed by atoms with van der Waals surface area (Å²) in [7, 11) is 0. The summed E-state index contributed by atoms with van der Waals surface area (Å²) in [5.41, 5.74) is 1.19. The fourth-order valence-electron chi connectivity index (χ4n) is 3.03. The monoisotopic (exact) mass is 301 g/mol. The summed E-state index contributed by atoms with van der Waals surface area (Å²) < 4.78 is 25.5. The molecule has 0 atom stereocenters. The van der Waals surface area contributed by atoms with Crippen LogP contribution in [0.15, 0.2) is 48.3 Å². The molecule has 0 heterocycles. The number of aryl methyl sites for hydroxylation is 1. The maximum Gasteiger partial charge on any atom is 0.199 e.